The molecular formula is C10H13BrFNO. The average Bonchev–Trinajstić information content (AvgIpc) is 2.10. The summed E-state index contributed by atoms with van der Waals surface area (Å²) in [4.78, 5) is 1.87. The van der Waals surface area contributed by atoms with E-state index in [0.29, 0.717) is 18.7 Å². The van der Waals surface area contributed by atoms with Crippen LogP contribution in [-0.4, -0.2) is 30.2 Å². The summed E-state index contributed by atoms with van der Waals surface area (Å²) in [5.74, 6) is -0.218. The van der Waals surface area contributed by atoms with Crippen LogP contribution in [0.5, 0.6) is 0 Å². The number of aliphatic hydroxyl groups excluding tert-OH is 1. The molecule has 1 N–H and O–H groups in total. The van der Waals surface area contributed by atoms with Crippen molar-refractivity contribution in [1.29, 1.82) is 0 Å². The molecule has 0 heterocycles. The maximum atomic E-state index is 13.3. The summed E-state index contributed by atoms with van der Waals surface area (Å²) in [7, 11) is 1.84. The van der Waals surface area contributed by atoms with E-state index in [1.54, 1.807) is 6.07 Å². The fraction of sp³-hybridized carbons (Fsp3) is 0.400. The van der Waals surface area contributed by atoms with Gasteiger partial charge in [-0.15, -0.1) is 0 Å². The average molecular weight is 262 g/mol. The molecule has 1 aromatic carbocycles. The lowest BCUT2D eigenvalue weighted by molar-refractivity contribution is 0.216. The van der Waals surface area contributed by atoms with Crippen molar-refractivity contribution < 1.29 is 9.50 Å². The monoisotopic (exact) mass is 261 g/mol. The van der Waals surface area contributed by atoms with Crippen LogP contribution in [0.2, 0.25) is 0 Å². The highest BCUT2D eigenvalue weighted by atomic mass is 79.9. The van der Waals surface area contributed by atoms with Crippen molar-refractivity contribution in [3.63, 3.8) is 0 Å². The van der Waals surface area contributed by atoms with Crippen LogP contribution >= 0.6 is 15.9 Å². The van der Waals surface area contributed by atoms with Gasteiger partial charge < -0.3 is 5.11 Å². The van der Waals surface area contributed by atoms with Crippen LogP contribution in [0.15, 0.2) is 22.7 Å². The second-order valence-corrected chi connectivity index (χ2v) is 4.11. The molecule has 0 saturated heterocycles. The Morgan fingerprint density at radius 2 is 2.21 bits per heavy atom. The molecule has 0 spiro atoms. The molecule has 0 bridgehead atoms. The van der Waals surface area contributed by atoms with Gasteiger partial charge >= 0.3 is 0 Å². The number of likely N-dealkylation sites (N-methyl/N-ethyl adjacent to an activating group) is 1. The Bertz CT molecular complexity index is 306. The maximum absolute atomic E-state index is 13.3. The second kappa shape index (κ2) is 5.44. The molecule has 14 heavy (non-hydrogen) atoms. The molecule has 0 aromatic heterocycles. The first-order chi connectivity index (χ1) is 6.63. The molecule has 0 saturated carbocycles. The molecule has 0 radical (unpaired) electrons. The van der Waals surface area contributed by atoms with E-state index in [4.69, 9.17) is 5.11 Å². The van der Waals surface area contributed by atoms with E-state index < -0.39 is 0 Å². The molecule has 0 amide bonds. The van der Waals surface area contributed by atoms with Gasteiger partial charge in [-0.3, -0.25) is 4.90 Å². The third kappa shape index (κ3) is 3.36. The van der Waals surface area contributed by atoms with Crippen LogP contribution < -0.4 is 0 Å². The number of benzene rings is 1. The fourth-order valence-electron chi connectivity index (χ4n) is 1.19. The van der Waals surface area contributed by atoms with E-state index in [1.165, 1.54) is 6.07 Å². The molecule has 4 heteroatoms. The zero-order valence-corrected chi connectivity index (χ0v) is 9.59. The zero-order valence-electron chi connectivity index (χ0n) is 8.00. The van der Waals surface area contributed by atoms with Crippen LogP contribution in [0, 0.1) is 5.82 Å². The van der Waals surface area contributed by atoms with E-state index in [-0.39, 0.29) is 12.4 Å². The highest BCUT2D eigenvalue weighted by Crippen LogP contribution is 2.16. The van der Waals surface area contributed by atoms with Gasteiger partial charge in [0.2, 0.25) is 0 Å². The minimum atomic E-state index is -0.218. The van der Waals surface area contributed by atoms with Gasteiger partial charge in [0.1, 0.15) is 5.82 Å². The van der Waals surface area contributed by atoms with Crippen LogP contribution in [0.1, 0.15) is 5.56 Å². The lowest BCUT2D eigenvalue weighted by Gasteiger charge is -2.15. The summed E-state index contributed by atoms with van der Waals surface area (Å²) in [5.41, 5.74) is 0.643. The standard InChI is InChI=1S/C10H13BrFNO/c1-13(4-5-14)7-8-2-3-9(11)6-10(8)12/h2-3,6,14H,4-5,7H2,1H3. The van der Waals surface area contributed by atoms with E-state index >= 15 is 0 Å². The summed E-state index contributed by atoms with van der Waals surface area (Å²) in [6.07, 6.45) is 0. The van der Waals surface area contributed by atoms with E-state index in [1.807, 2.05) is 18.0 Å². The molecule has 0 aliphatic carbocycles. The van der Waals surface area contributed by atoms with E-state index in [9.17, 15) is 4.39 Å². The normalized spacial score (nSPS) is 10.9. The van der Waals surface area contributed by atoms with Gasteiger partial charge in [-0.1, -0.05) is 22.0 Å². The Kier molecular flexibility index (Phi) is 4.51. The van der Waals surface area contributed by atoms with Crippen molar-refractivity contribution >= 4 is 15.9 Å². The topological polar surface area (TPSA) is 23.5 Å². The van der Waals surface area contributed by atoms with Crippen molar-refractivity contribution in [3.05, 3.63) is 34.1 Å². The zero-order chi connectivity index (χ0) is 10.6. The molecule has 78 valence electrons. The number of hydrogen-bond donors (Lipinski definition) is 1. The molecule has 2 nitrogen and oxygen atoms in total. The number of hydrogen-bond acceptors (Lipinski definition) is 2. The number of rotatable bonds is 4. The molecular weight excluding hydrogens is 249 g/mol. The lowest BCUT2D eigenvalue weighted by Crippen LogP contribution is -2.22. The van der Waals surface area contributed by atoms with Crippen LogP contribution in [0.3, 0.4) is 0 Å². The van der Waals surface area contributed by atoms with E-state index in [2.05, 4.69) is 15.9 Å². The predicted octanol–water partition coefficient (Wildman–Crippen LogP) is 2.01. The van der Waals surface area contributed by atoms with Gasteiger partial charge in [0.25, 0.3) is 0 Å². The highest BCUT2D eigenvalue weighted by molar-refractivity contribution is 9.10. The Morgan fingerprint density at radius 1 is 1.50 bits per heavy atom. The van der Waals surface area contributed by atoms with Gasteiger partial charge in [-0.2, -0.15) is 0 Å². The van der Waals surface area contributed by atoms with Gasteiger partial charge in [-0.05, 0) is 19.2 Å². The van der Waals surface area contributed by atoms with Crippen LogP contribution in [0.4, 0.5) is 4.39 Å². The van der Waals surface area contributed by atoms with Crippen molar-refractivity contribution in [2.24, 2.45) is 0 Å². The molecule has 0 aliphatic rings. The Labute approximate surface area is 91.5 Å². The fourth-order valence-corrected chi connectivity index (χ4v) is 1.52. The first-order valence-corrected chi connectivity index (χ1v) is 5.16. The van der Waals surface area contributed by atoms with Crippen LogP contribution in [-0.2, 0) is 6.54 Å². The molecule has 0 fully saturated rings. The largest absolute Gasteiger partial charge is 0.395 e. The summed E-state index contributed by atoms with van der Waals surface area (Å²) in [6.45, 7) is 1.16. The third-order valence-corrected chi connectivity index (χ3v) is 2.43. The summed E-state index contributed by atoms with van der Waals surface area (Å²) < 4.78 is 14.1. The molecule has 0 aliphatic heterocycles. The van der Waals surface area contributed by atoms with Crippen molar-refractivity contribution in [2.75, 3.05) is 20.2 Å². The van der Waals surface area contributed by atoms with Gasteiger partial charge in [0.15, 0.2) is 0 Å². The van der Waals surface area contributed by atoms with Crippen LogP contribution in [0.25, 0.3) is 0 Å². The summed E-state index contributed by atoms with van der Waals surface area (Å²) in [6, 6.07) is 5.00. The Balaban J connectivity index is 2.67. The SMILES string of the molecule is CN(CCO)Cc1ccc(Br)cc1F. The van der Waals surface area contributed by atoms with Crippen molar-refractivity contribution in [3.8, 4) is 0 Å². The Morgan fingerprint density at radius 3 is 2.79 bits per heavy atom. The second-order valence-electron chi connectivity index (χ2n) is 3.20. The number of aliphatic hydroxyl groups is 1. The molecule has 0 atom stereocenters. The van der Waals surface area contributed by atoms with Gasteiger partial charge in [0, 0.05) is 23.1 Å². The molecule has 1 rings (SSSR count). The lowest BCUT2D eigenvalue weighted by atomic mass is 10.2. The molecule has 0 unspecified atom stereocenters. The highest BCUT2D eigenvalue weighted by Gasteiger charge is 2.05. The first-order valence-electron chi connectivity index (χ1n) is 4.37. The number of halogens is 2. The van der Waals surface area contributed by atoms with Gasteiger partial charge in [0.05, 0.1) is 6.61 Å². The quantitative estimate of drug-likeness (QED) is 0.897. The third-order valence-electron chi connectivity index (χ3n) is 1.94. The minimum Gasteiger partial charge on any atom is -0.395 e. The maximum Gasteiger partial charge on any atom is 0.128 e. The summed E-state index contributed by atoms with van der Waals surface area (Å²) in [5, 5.41) is 8.69. The molecule has 1 aromatic rings. The smallest absolute Gasteiger partial charge is 0.128 e. The summed E-state index contributed by atoms with van der Waals surface area (Å²) >= 11 is 3.20. The van der Waals surface area contributed by atoms with E-state index in [0.717, 1.165) is 4.47 Å². The van der Waals surface area contributed by atoms with Gasteiger partial charge in [-0.25, -0.2) is 4.39 Å². The Hall–Kier alpha value is -0.450. The predicted molar refractivity (Wildman–Crippen MR) is 57.5 cm³/mol. The first kappa shape index (κ1) is 11.6. The van der Waals surface area contributed by atoms with Crippen molar-refractivity contribution in [1.82, 2.24) is 4.90 Å². The van der Waals surface area contributed by atoms with Crippen molar-refractivity contribution in [2.45, 2.75) is 6.54 Å². The minimum absolute atomic E-state index is 0.0919. The number of nitrogens with zero attached hydrogens (tertiary/aromatic N) is 1.